The van der Waals surface area contributed by atoms with Gasteiger partial charge in [0.1, 0.15) is 12.2 Å². The van der Waals surface area contributed by atoms with Crippen LogP contribution in [-0.2, 0) is 34.0 Å². The van der Waals surface area contributed by atoms with Gasteiger partial charge in [-0.1, -0.05) is 0 Å². The van der Waals surface area contributed by atoms with Crippen LogP contribution in [0.15, 0.2) is 0 Å². The first-order chi connectivity index (χ1) is 9.62. The minimum atomic E-state index is -5.72. The Morgan fingerprint density at radius 2 is 1.50 bits per heavy atom. The summed E-state index contributed by atoms with van der Waals surface area (Å²) in [6, 6.07) is 0. The molecule has 16 heteroatoms. The summed E-state index contributed by atoms with van der Waals surface area (Å²) in [7, 11) is -11.3. The van der Waals surface area contributed by atoms with Crippen LogP contribution in [0.5, 0.6) is 0 Å². The standard InChI is InChI=1S/C6H13NO13S2/c7-5(2-9,19-21(13,14)15)6(12,20-22(16,17)18)4(11)3(10)1-8/h2-4,8,10-12H,1,7H2,(H,13,14,15)(H,16,17,18)/t3-,4-,5-,6-/m1/s1. The van der Waals surface area contributed by atoms with Crippen molar-refractivity contribution in [3.05, 3.63) is 0 Å². The molecule has 0 heterocycles. The van der Waals surface area contributed by atoms with Crippen molar-refractivity contribution in [2.75, 3.05) is 6.61 Å². The van der Waals surface area contributed by atoms with Gasteiger partial charge >= 0.3 is 20.8 Å². The van der Waals surface area contributed by atoms with Crippen LogP contribution in [0.25, 0.3) is 0 Å². The molecule has 0 aromatic rings. The molecule has 0 fully saturated rings. The largest absolute Gasteiger partial charge is 0.400 e. The monoisotopic (exact) mass is 371 g/mol. The van der Waals surface area contributed by atoms with E-state index in [0.29, 0.717) is 0 Å². The van der Waals surface area contributed by atoms with E-state index in [1.54, 1.807) is 0 Å². The van der Waals surface area contributed by atoms with Crippen molar-refractivity contribution in [2.45, 2.75) is 23.7 Å². The lowest BCUT2D eigenvalue weighted by atomic mass is 9.95. The molecule has 0 spiro atoms. The minimum Gasteiger partial charge on any atom is -0.394 e. The van der Waals surface area contributed by atoms with E-state index in [1.165, 1.54) is 0 Å². The van der Waals surface area contributed by atoms with E-state index in [2.05, 4.69) is 8.37 Å². The zero-order chi connectivity index (χ0) is 18.0. The van der Waals surface area contributed by atoms with Gasteiger partial charge in [-0.05, 0) is 0 Å². The Kier molecular flexibility index (Phi) is 6.52. The summed E-state index contributed by atoms with van der Waals surface area (Å²) in [6.07, 6.45) is -6.27. The summed E-state index contributed by atoms with van der Waals surface area (Å²) in [5.41, 5.74) is 1.07. The molecule has 0 bridgehead atoms. The van der Waals surface area contributed by atoms with Crippen molar-refractivity contribution < 1.29 is 59.5 Å². The Morgan fingerprint density at radius 3 is 1.77 bits per heavy atom. The van der Waals surface area contributed by atoms with E-state index in [9.17, 15) is 31.8 Å². The third-order valence-corrected chi connectivity index (χ3v) is 3.11. The van der Waals surface area contributed by atoms with Crippen molar-refractivity contribution >= 4 is 27.1 Å². The topological polar surface area (TPSA) is 251 Å². The van der Waals surface area contributed by atoms with E-state index < -0.39 is 57.4 Å². The average molecular weight is 371 g/mol. The molecule has 0 saturated carbocycles. The number of aliphatic hydroxyl groups is 4. The van der Waals surface area contributed by atoms with Crippen LogP contribution < -0.4 is 5.73 Å². The van der Waals surface area contributed by atoms with Crippen LogP contribution in [0.4, 0.5) is 0 Å². The molecule has 8 N–H and O–H groups in total. The van der Waals surface area contributed by atoms with Crippen LogP contribution >= 0.6 is 0 Å². The fourth-order valence-electron chi connectivity index (χ4n) is 1.20. The van der Waals surface area contributed by atoms with Crippen molar-refractivity contribution in [1.29, 1.82) is 0 Å². The Morgan fingerprint density at radius 1 is 1.09 bits per heavy atom. The van der Waals surface area contributed by atoms with E-state index in [1.807, 2.05) is 0 Å². The van der Waals surface area contributed by atoms with Crippen molar-refractivity contribution in [3.63, 3.8) is 0 Å². The number of aldehydes is 1. The molecule has 0 aliphatic carbocycles. The van der Waals surface area contributed by atoms with Crippen molar-refractivity contribution in [3.8, 4) is 0 Å². The summed E-state index contributed by atoms with van der Waals surface area (Å²) in [5.74, 6) is -4.17. The highest BCUT2D eigenvalue weighted by Crippen LogP contribution is 2.30. The second kappa shape index (κ2) is 6.76. The summed E-state index contributed by atoms with van der Waals surface area (Å²) in [6.45, 7) is -1.36. The van der Waals surface area contributed by atoms with Gasteiger partial charge in [0, 0.05) is 0 Å². The zero-order valence-corrected chi connectivity index (χ0v) is 12.0. The van der Waals surface area contributed by atoms with E-state index in [4.69, 9.17) is 25.1 Å². The van der Waals surface area contributed by atoms with Crippen LogP contribution in [0.1, 0.15) is 0 Å². The molecule has 0 aromatic carbocycles. The number of rotatable bonds is 9. The van der Waals surface area contributed by atoms with Crippen LogP contribution in [0, 0.1) is 0 Å². The second-order valence-electron chi connectivity index (χ2n) is 3.82. The first-order valence-electron chi connectivity index (χ1n) is 4.92. The summed E-state index contributed by atoms with van der Waals surface area (Å²) in [4.78, 5) is 10.9. The first-order valence-corrected chi connectivity index (χ1v) is 7.65. The SMILES string of the molecule is N[C@](C=O)(OS(=O)(=O)O)[C@](O)(OS(=O)(=O)O)[C@H](O)[C@H](O)CO. The maximum Gasteiger partial charge on any atom is 0.400 e. The number of nitrogens with two attached hydrogens (primary N) is 1. The predicted molar refractivity (Wildman–Crippen MR) is 62.3 cm³/mol. The number of hydrogen-bond acceptors (Lipinski definition) is 12. The highest BCUT2D eigenvalue weighted by molar-refractivity contribution is 7.81. The molecule has 22 heavy (non-hydrogen) atoms. The van der Waals surface area contributed by atoms with Gasteiger partial charge in [0.25, 0.3) is 11.5 Å². The van der Waals surface area contributed by atoms with Gasteiger partial charge in [-0.3, -0.25) is 19.6 Å². The highest BCUT2D eigenvalue weighted by atomic mass is 32.3. The molecule has 14 nitrogen and oxygen atoms in total. The van der Waals surface area contributed by atoms with Crippen LogP contribution in [-0.4, -0.2) is 83.0 Å². The molecule has 4 atom stereocenters. The Bertz CT molecular complexity index is 600. The molecular formula is C6H13NO13S2. The Balaban J connectivity index is 6.19. The smallest absolute Gasteiger partial charge is 0.394 e. The van der Waals surface area contributed by atoms with Crippen molar-refractivity contribution in [1.82, 2.24) is 0 Å². The molecule has 0 unspecified atom stereocenters. The zero-order valence-electron chi connectivity index (χ0n) is 10.4. The fourth-order valence-corrected chi connectivity index (χ4v) is 2.26. The summed E-state index contributed by atoms with van der Waals surface area (Å²) < 4.78 is 66.6. The van der Waals surface area contributed by atoms with E-state index in [-0.39, 0.29) is 0 Å². The normalized spacial score (nSPS) is 21.4. The van der Waals surface area contributed by atoms with Crippen LogP contribution in [0.3, 0.4) is 0 Å². The molecule has 0 aliphatic heterocycles. The summed E-state index contributed by atoms with van der Waals surface area (Å²) >= 11 is 0. The number of hydrogen-bond donors (Lipinski definition) is 7. The number of aliphatic hydroxyl groups excluding tert-OH is 3. The lowest BCUT2D eigenvalue weighted by Gasteiger charge is -2.40. The van der Waals surface area contributed by atoms with Gasteiger partial charge in [-0.25, -0.2) is 8.37 Å². The molecule has 0 rings (SSSR count). The fraction of sp³-hybridized carbons (Fsp3) is 0.833. The molecule has 0 saturated heterocycles. The first kappa shape index (κ1) is 21.2. The third-order valence-electron chi connectivity index (χ3n) is 2.16. The maximum atomic E-state index is 10.9. The minimum absolute atomic E-state index is 0.820. The average Bonchev–Trinajstić information content (AvgIpc) is 2.32. The molecule has 0 radical (unpaired) electrons. The van der Waals surface area contributed by atoms with Gasteiger partial charge in [0.2, 0.25) is 0 Å². The lowest BCUT2D eigenvalue weighted by Crippen LogP contribution is -2.73. The van der Waals surface area contributed by atoms with Gasteiger partial charge in [0.05, 0.1) is 6.61 Å². The highest BCUT2D eigenvalue weighted by Gasteiger charge is 2.62. The van der Waals surface area contributed by atoms with E-state index in [0.717, 1.165) is 0 Å². The Labute approximate surface area is 123 Å². The Hall–Kier alpha value is -0.790. The molecule has 0 aliphatic rings. The van der Waals surface area contributed by atoms with Gasteiger partial charge in [-0.15, -0.1) is 0 Å². The second-order valence-corrected chi connectivity index (χ2v) is 5.87. The van der Waals surface area contributed by atoms with Gasteiger partial charge in [-0.2, -0.15) is 16.8 Å². The number of carbonyl (C=O) groups is 1. The molecular weight excluding hydrogens is 358 g/mol. The molecule has 132 valence electrons. The third kappa shape index (κ3) is 5.14. The van der Waals surface area contributed by atoms with E-state index >= 15 is 0 Å². The molecule has 0 amide bonds. The lowest BCUT2D eigenvalue weighted by molar-refractivity contribution is -0.294. The predicted octanol–water partition coefficient (Wildman–Crippen LogP) is -5.12. The molecule has 0 aromatic heterocycles. The number of carbonyl (C=O) groups excluding carboxylic acids is 1. The van der Waals surface area contributed by atoms with Gasteiger partial charge < -0.3 is 20.4 Å². The quantitative estimate of drug-likeness (QED) is 0.114. The van der Waals surface area contributed by atoms with Crippen LogP contribution in [0.2, 0.25) is 0 Å². The maximum absolute atomic E-state index is 10.9. The van der Waals surface area contributed by atoms with Crippen molar-refractivity contribution in [2.24, 2.45) is 5.73 Å². The summed E-state index contributed by atoms with van der Waals surface area (Å²) in [5, 5.41) is 37.1. The van der Waals surface area contributed by atoms with Gasteiger partial charge in [0.15, 0.2) is 6.29 Å².